The van der Waals surface area contributed by atoms with Crippen LogP contribution in [-0.4, -0.2) is 90.7 Å². The summed E-state index contributed by atoms with van der Waals surface area (Å²) in [6, 6.07) is 8.94. The van der Waals surface area contributed by atoms with E-state index in [1.807, 2.05) is 12.1 Å². The van der Waals surface area contributed by atoms with Gasteiger partial charge in [0, 0.05) is 80.2 Å². The number of halogens is 1. The van der Waals surface area contributed by atoms with Crippen LogP contribution in [0, 0.1) is 6.92 Å². The fourth-order valence-electron chi connectivity index (χ4n) is 6.23. The van der Waals surface area contributed by atoms with Gasteiger partial charge in [-0.2, -0.15) is 4.98 Å². The molecule has 0 aliphatic carbocycles. The van der Waals surface area contributed by atoms with E-state index in [1.54, 1.807) is 25.7 Å². The SMILES string of the molecule is COc1cc(N2CCC(N3CCCOCC3)CC2)c(C)cc1Nc1ncc(Br)c(Nc2ccc3nccnc3c2P(C)C)n1. The van der Waals surface area contributed by atoms with Crippen LogP contribution in [0.5, 0.6) is 5.75 Å². The number of nitrogens with zero attached hydrogens (tertiary/aromatic N) is 6. The maximum atomic E-state index is 5.86. The fourth-order valence-corrected chi connectivity index (χ4v) is 7.72. The largest absolute Gasteiger partial charge is 0.494 e. The van der Waals surface area contributed by atoms with Crippen molar-refractivity contribution >= 4 is 69.0 Å². The van der Waals surface area contributed by atoms with E-state index in [-0.39, 0.29) is 0 Å². The first-order valence-electron chi connectivity index (χ1n) is 15.1. The number of ether oxygens (including phenoxy) is 2. The number of hydrogen-bond acceptors (Lipinski definition) is 10. The molecule has 4 heterocycles. The molecule has 0 amide bonds. The molecular weight excluding hydrogens is 639 g/mol. The molecule has 0 bridgehead atoms. The average Bonchev–Trinajstić information content (AvgIpc) is 3.32. The molecule has 2 N–H and O–H groups in total. The van der Waals surface area contributed by atoms with Gasteiger partial charge in [-0.3, -0.25) is 14.9 Å². The lowest BCUT2D eigenvalue weighted by molar-refractivity contribution is 0.125. The van der Waals surface area contributed by atoms with Crippen LogP contribution in [0.1, 0.15) is 24.8 Å². The van der Waals surface area contributed by atoms with E-state index >= 15 is 0 Å². The van der Waals surface area contributed by atoms with Crippen molar-refractivity contribution in [3.05, 3.63) is 52.9 Å². The first kappa shape index (κ1) is 30.9. The molecule has 2 fully saturated rings. The number of methoxy groups -OCH3 is 1. The fraction of sp³-hybridized carbons (Fsp3) is 0.438. The number of aromatic nitrogens is 4. The van der Waals surface area contributed by atoms with Crippen LogP contribution < -0.4 is 25.6 Å². The van der Waals surface area contributed by atoms with Gasteiger partial charge in [0.15, 0.2) is 0 Å². The second-order valence-electron chi connectivity index (χ2n) is 11.5. The van der Waals surface area contributed by atoms with Gasteiger partial charge in [-0.15, -0.1) is 0 Å². The minimum Gasteiger partial charge on any atom is -0.494 e. The number of piperidine rings is 1. The Hall–Kier alpha value is -3.11. The van der Waals surface area contributed by atoms with Crippen LogP contribution in [0.4, 0.5) is 28.8 Å². The minimum atomic E-state index is -0.463. The van der Waals surface area contributed by atoms with E-state index in [2.05, 4.69) is 83.7 Å². The molecule has 2 aromatic carbocycles. The van der Waals surface area contributed by atoms with Crippen LogP contribution in [-0.2, 0) is 4.74 Å². The van der Waals surface area contributed by atoms with Crippen LogP contribution >= 0.6 is 23.9 Å². The Labute approximate surface area is 268 Å². The quantitative estimate of drug-likeness (QED) is 0.215. The van der Waals surface area contributed by atoms with E-state index in [9.17, 15) is 0 Å². The molecule has 0 unspecified atom stereocenters. The highest BCUT2D eigenvalue weighted by atomic mass is 79.9. The molecule has 10 nitrogen and oxygen atoms in total. The molecule has 0 spiro atoms. The van der Waals surface area contributed by atoms with Crippen molar-refractivity contribution < 1.29 is 9.47 Å². The molecule has 2 aromatic heterocycles. The number of rotatable bonds is 8. The number of hydrogen-bond donors (Lipinski definition) is 2. The summed E-state index contributed by atoms with van der Waals surface area (Å²) in [6.07, 6.45) is 8.67. The van der Waals surface area contributed by atoms with Gasteiger partial charge in [0.05, 0.1) is 34.9 Å². The highest BCUT2D eigenvalue weighted by Crippen LogP contribution is 2.37. The molecule has 2 aliphatic rings. The van der Waals surface area contributed by atoms with Crippen molar-refractivity contribution in [3.63, 3.8) is 0 Å². The van der Waals surface area contributed by atoms with E-state index < -0.39 is 7.92 Å². The van der Waals surface area contributed by atoms with E-state index in [4.69, 9.17) is 14.5 Å². The van der Waals surface area contributed by atoms with E-state index in [0.717, 1.165) is 96.6 Å². The van der Waals surface area contributed by atoms with Crippen molar-refractivity contribution in [2.24, 2.45) is 0 Å². The van der Waals surface area contributed by atoms with Gasteiger partial charge in [-0.05, 0) is 79.2 Å². The smallest absolute Gasteiger partial charge is 0.229 e. The Morgan fingerprint density at radius 2 is 1.80 bits per heavy atom. The maximum Gasteiger partial charge on any atom is 0.229 e. The monoisotopic (exact) mass is 678 g/mol. The van der Waals surface area contributed by atoms with Crippen molar-refractivity contribution in [2.75, 3.05) is 75.4 Å². The molecule has 6 rings (SSSR count). The van der Waals surface area contributed by atoms with Gasteiger partial charge in [-0.1, -0.05) is 7.92 Å². The predicted octanol–water partition coefficient (Wildman–Crippen LogP) is 6.04. The highest BCUT2D eigenvalue weighted by molar-refractivity contribution is 9.10. The Kier molecular flexibility index (Phi) is 9.76. The Morgan fingerprint density at radius 1 is 0.977 bits per heavy atom. The number of nitrogens with one attached hydrogen (secondary N) is 2. The van der Waals surface area contributed by atoms with Crippen molar-refractivity contribution in [1.82, 2.24) is 24.8 Å². The molecule has 2 saturated heterocycles. The molecule has 232 valence electrons. The van der Waals surface area contributed by atoms with Crippen LogP contribution in [0.2, 0.25) is 0 Å². The number of benzene rings is 2. The zero-order valence-electron chi connectivity index (χ0n) is 25.8. The van der Waals surface area contributed by atoms with Crippen LogP contribution in [0.25, 0.3) is 11.0 Å². The molecule has 0 radical (unpaired) electrons. The summed E-state index contributed by atoms with van der Waals surface area (Å²) < 4.78 is 12.3. The molecule has 4 aromatic rings. The number of anilines is 5. The summed E-state index contributed by atoms with van der Waals surface area (Å²) in [5, 5.41) is 8.09. The zero-order valence-corrected chi connectivity index (χ0v) is 28.3. The lowest BCUT2D eigenvalue weighted by Crippen LogP contribution is -2.46. The summed E-state index contributed by atoms with van der Waals surface area (Å²) in [5.41, 5.74) is 5.99. The van der Waals surface area contributed by atoms with Crippen molar-refractivity contribution in [1.29, 1.82) is 0 Å². The van der Waals surface area contributed by atoms with E-state index in [0.29, 0.717) is 17.8 Å². The first-order chi connectivity index (χ1) is 21.4. The topological polar surface area (TPSA) is 101 Å². The summed E-state index contributed by atoms with van der Waals surface area (Å²) in [5.74, 6) is 1.90. The standard InChI is InChI=1S/C32H40BrN8O2P/c1-21-18-26(28(42-2)19-27(21)41-13-8-22(9-14-41)40-12-5-16-43-17-15-40)38-32-36-20-23(33)31(39-32)37-25-7-6-24-29(30(25)44(3)4)35-11-10-34-24/h6-7,10-11,18-20,22H,5,8-9,12-17H2,1-4H3,(H2,36,37,38,39). The third-order valence-corrected chi connectivity index (χ3v) is 10.3. The third kappa shape index (κ3) is 6.76. The molecule has 2 aliphatic heterocycles. The maximum absolute atomic E-state index is 5.86. The van der Waals surface area contributed by atoms with Gasteiger partial charge < -0.3 is 25.0 Å². The minimum absolute atomic E-state index is 0.463. The zero-order chi connectivity index (χ0) is 30.6. The first-order valence-corrected chi connectivity index (χ1v) is 18.2. The molecule has 12 heteroatoms. The lowest BCUT2D eigenvalue weighted by atomic mass is 10.0. The summed E-state index contributed by atoms with van der Waals surface area (Å²) in [7, 11) is 1.25. The molecule has 0 atom stereocenters. The molecule has 44 heavy (non-hydrogen) atoms. The molecule has 0 saturated carbocycles. The Bertz CT molecular complexity index is 1610. The van der Waals surface area contributed by atoms with Gasteiger partial charge >= 0.3 is 0 Å². The number of aryl methyl sites for hydroxylation is 1. The van der Waals surface area contributed by atoms with Gasteiger partial charge in [-0.25, -0.2) is 4.98 Å². The van der Waals surface area contributed by atoms with Crippen LogP contribution in [0.15, 0.2) is 47.3 Å². The second-order valence-corrected chi connectivity index (χ2v) is 14.6. The van der Waals surface area contributed by atoms with E-state index in [1.165, 1.54) is 11.3 Å². The average molecular weight is 680 g/mol. The second kappa shape index (κ2) is 13.9. The van der Waals surface area contributed by atoms with Gasteiger partial charge in [0.2, 0.25) is 5.95 Å². The van der Waals surface area contributed by atoms with Gasteiger partial charge in [0.1, 0.15) is 11.6 Å². The molecular formula is C32H40BrN8O2P. The summed E-state index contributed by atoms with van der Waals surface area (Å²) in [6.45, 7) is 12.6. The number of fused-ring (bicyclic) bond motifs is 1. The van der Waals surface area contributed by atoms with Gasteiger partial charge in [0.25, 0.3) is 0 Å². The van der Waals surface area contributed by atoms with Crippen molar-refractivity contribution in [2.45, 2.75) is 32.2 Å². The highest BCUT2D eigenvalue weighted by Gasteiger charge is 2.26. The Balaban J connectivity index is 1.19. The predicted molar refractivity (Wildman–Crippen MR) is 184 cm³/mol. The third-order valence-electron chi connectivity index (χ3n) is 8.40. The lowest BCUT2D eigenvalue weighted by Gasteiger charge is -2.39. The summed E-state index contributed by atoms with van der Waals surface area (Å²) in [4.78, 5) is 23.6. The normalized spacial score (nSPS) is 16.7. The van der Waals surface area contributed by atoms with Crippen LogP contribution in [0.3, 0.4) is 0 Å². The summed E-state index contributed by atoms with van der Waals surface area (Å²) >= 11 is 3.63. The van der Waals surface area contributed by atoms with Crippen molar-refractivity contribution in [3.8, 4) is 5.75 Å². The Morgan fingerprint density at radius 3 is 2.59 bits per heavy atom.